The molecular weight excluding hydrogens is 389 g/mol. The van der Waals surface area contributed by atoms with Crippen LogP contribution in [0.4, 0.5) is 19.4 Å². The number of benzene rings is 1. The van der Waals surface area contributed by atoms with Crippen molar-refractivity contribution in [3.8, 4) is 0 Å². The summed E-state index contributed by atoms with van der Waals surface area (Å²) in [6, 6.07) is 6.10. The number of halogens is 5. The number of hydrogen-bond acceptors (Lipinski definition) is 2. The summed E-state index contributed by atoms with van der Waals surface area (Å²) in [5.41, 5.74) is 2.63. The molecule has 0 saturated heterocycles. The lowest BCUT2D eigenvalue weighted by atomic mass is 10.2. The molecule has 0 aliphatic carbocycles. The van der Waals surface area contributed by atoms with Gasteiger partial charge in [0.15, 0.2) is 0 Å². The lowest BCUT2D eigenvalue weighted by molar-refractivity contribution is 0.0944. The van der Waals surface area contributed by atoms with Crippen LogP contribution in [0.2, 0.25) is 0 Å². The van der Waals surface area contributed by atoms with E-state index in [2.05, 4.69) is 10.3 Å². The first-order valence-corrected chi connectivity index (χ1v) is 9.76. The fourth-order valence-electron chi connectivity index (χ4n) is 2.67. The Morgan fingerprint density at radius 2 is 1.70 bits per heavy atom. The van der Waals surface area contributed by atoms with Crippen molar-refractivity contribution >= 4 is 21.8 Å². The number of rotatable bonds is 4. The van der Waals surface area contributed by atoms with E-state index in [0.29, 0.717) is 29.2 Å². The Labute approximate surface area is 151 Å². The van der Waals surface area contributed by atoms with Crippen LogP contribution >= 0.6 is 10.2 Å². The number of imidazole rings is 1. The Hall–Kier alpha value is -2.62. The molecular formula is C17H16F5N3OS. The minimum Gasteiger partial charge on any atom is -0.347 e. The second-order valence-corrected chi connectivity index (χ2v) is 8.68. The molecule has 0 saturated carbocycles. The van der Waals surface area contributed by atoms with Gasteiger partial charge in [-0.3, -0.25) is 9.20 Å². The molecule has 0 fully saturated rings. The van der Waals surface area contributed by atoms with Crippen LogP contribution in [0, 0.1) is 13.8 Å². The van der Waals surface area contributed by atoms with Gasteiger partial charge in [-0.15, -0.1) is 0 Å². The molecule has 4 nitrogen and oxygen atoms in total. The number of pyridine rings is 1. The summed E-state index contributed by atoms with van der Waals surface area (Å²) in [5.74, 6) is -0.472. The number of hydrogen-bond donors (Lipinski definition) is 1. The van der Waals surface area contributed by atoms with E-state index in [1.807, 2.05) is 19.1 Å². The highest BCUT2D eigenvalue weighted by molar-refractivity contribution is 8.45. The Balaban J connectivity index is 1.78. The first-order chi connectivity index (χ1) is 12.2. The van der Waals surface area contributed by atoms with Crippen molar-refractivity contribution in [3.05, 3.63) is 65.1 Å². The van der Waals surface area contributed by atoms with Crippen LogP contribution < -0.4 is 5.32 Å². The number of carbonyl (C=O) groups excluding carboxylic acids is 1. The van der Waals surface area contributed by atoms with Gasteiger partial charge in [-0.25, -0.2) is 4.98 Å². The highest BCUT2D eigenvalue weighted by Gasteiger charge is 2.65. The van der Waals surface area contributed by atoms with Crippen molar-refractivity contribution < 1.29 is 24.2 Å². The van der Waals surface area contributed by atoms with Crippen molar-refractivity contribution in [1.82, 2.24) is 14.7 Å². The third-order valence-corrected chi connectivity index (χ3v) is 5.16. The standard InChI is InChI=1S/C17H16F5N3OS/c1-11-7-8-25-15(9-11)24-12(2)16(25)17(26)23-10-13-3-5-14(6-4-13)27(18,19,20,21)22/h3-9H,10H2,1-2H3,(H,23,26). The summed E-state index contributed by atoms with van der Waals surface area (Å²) in [6.07, 6.45) is 1.70. The third kappa shape index (κ3) is 4.05. The second-order valence-electron chi connectivity index (χ2n) is 6.27. The first kappa shape index (κ1) is 19.2. The zero-order valence-corrected chi connectivity index (χ0v) is 15.2. The summed E-state index contributed by atoms with van der Waals surface area (Å²) in [7, 11) is -9.69. The van der Waals surface area contributed by atoms with Gasteiger partial charge >= 0.3 is 10.2 Å². The van der Waals surface area contributed by atoms with Crippen LogP contribution in [-0.2, 0) is 6.54 Å². The fraction of sp³-hybridized carbons (Fsp3) is 0.176. The normalized spacial score (nSPS) is 14.6. The van der Waals surface area contributed by atoms with Gasteiger partial charge in [-0.1, -0.05) is 31.6 Å². The van der Waals surface area contributed by atoms with Crippen molar-refractivity contribution in [2.24, 2.45) is 0 Å². The molecule has 27 heavy (non-hydrogen) atoms. The molecule has 0 unspecified atom stereocenters. The Morgan fingerprint density at radius 1 is 1.07 bits per heavy atom. The Bertz CT molecular complexity index is 1040. The smallest absolute Gasteiger partial charge is 0.310 e. The molecule has 2 aromatic heterocycles. The molecule has 1 aromatic carbocycles. The Kier molecular flexibility index (Phi) is 3.86. The van der Waals surface area contributed by atoms with Crippen LogP contribution in [0.1, 0.15) is 27.3 Å². The molecule has 1 amide bonds. The predicted octanol–water partition coefficient (Wildman–Crippen LogP) is 5.54. The quantitative estimate of drug-likeness (QED) is 0.580. The van der Waals surface area contributed by atoms with Gasteiger partial charge in [0.2, 0.25) is 0 Å². The number of carbonyl (C=O) groups is 1. The van der Waals surface area contributed by atoms with Crippen molar-refractivity contribution in [2.45, 2.75) is 25.3 Å². The molecule has 10 heteroatoms. The maximum absolute atomic E-state index is 12.7. The van der Waals surface area contributed by atoms with Crippen molar-refractivity contribution in [1.29, 1.82) is 0 Å². The van der Waals surface area contributed by atoms with Crippen LogP contribution in [-0.4, -0.2) is 15.3 Å². The molecule has 0 aliphatic heterocycles. The van der Waals surface area contributed by atoms with Gasteiger partial charge in [0.1, 0.15) is 16.2 Å². The minimum absolute atomic E-state index is 0.113. The lowest BCUT2D eigenvalue weighted by Gasteiger charge is -2.40. The SMILES string of the molecule is Cc1ccn2c(C(=O)NCc3ccc(S(F)(F)(F)(F)F)cc3)c(C)nc2c1. The number of aromatic nitrogens is 2. The average Bonchev–Trinajstić information content (AvgIpc) is 2.85. The highest BCUT2D eigenvalue weighted by atomic mass is 32.5. The molecule has 3 rings (SSSR count). The number of nitrogens with zero attached hydrogens (tertiary/aromatic N) is 2. The van der Waals surface area contributed by atoms with E-state index in [-0.39, 0.29) is 12.1 Å². The summed E-state index contributed by atoms with van der Waals surface area (Å²) in [4.78, 5) is 14.8. The van der Waals surface area contributed by atoms with E-state index >= 15 is 0 Å². The Morgan fingerprint density at radius 3 is 2.30 bits per heavy atom. The molecule has 0 radical (unpaired) electrons. The third-order valence-electron chi connectivity index (χ3n) is 3.99. The maximum Gasteiger partial charge on any atom is 0.310 e. The van der Waals surface area contributed by atoms with Crippen molar-refractivity contribution in [3.63, 3.8) is 0 Å². The van der Waals surface area contributed by atoms with E-state index in [0.717, 1.165) is 17.7 Å². The van der Waals surface area contributed by atoms with E-state index in [4.69, 9.17) is 0 Å². The van der Waals surface area contributed by atoms with Gasteiger partial charge in [0, 0.05) is 12.7 Å². The van der Waals surface area contributed by atoms with E-state index in [9.17, 15) is 24.2 Å². The zero-order chi connectivity index (χ0) is 20.1. The molecule has 0 atom stereocenters. The molecule has 1 N–H and O–H groups in total. The minimum atomic E-state index is -9.69. The number of aryl methyl sites for hydroxylation is 2. The van der Waals surface area contributed by atoms with E-state index in [1.54, 1.807) is 17.5 Å². The summed E-state index contributed by atoms with van der Waals surface area (Å²) in [5, 5.41) is 2.57. The van der Waals surface area contributed by atoms with Gasteiger partial charge < -0.3 is 5.32 Å². The van der Waals surface area contributed by atoms with Crippen LogP contribution in [0.3, 0.4) is 0 Å². The van der Waals surface area contributed by atoms with Gasteiger partial charge in [0.05, 0.1) is 5.69 Å². The van der Waals surface area contributed by atoms with Crippen LogP contribution in [0.5, 0.6) is 0 Å². The van der Waals surface area contributed by atoms with E-state index < -0.39 is 21.0 Å². The molecule has 0 bridgehead atoms. The zero-order valence-electron chi connectivity index (χ0n) is 14.3. The maximum atomic E-state index is 12.7. The van der Waals surface area contributed by atoms with Gasteiger partial charge in [0.25, 0.3) is 5.91 Å². The monoisotopic (exact) mass is 405 g/mol. The molecule has 2 heterocycles. The first-order valence-electron chi connectivity index (χ1n) is 7.81. The van der Waals surface area contributed by atoms with Crippen LogP contribution in [0.25, 0.3) is 5.65 Å². The van der Waals surface area contributed by atoms with Gasteiger partial charge in [-0.05, 0) is 49.2 Å². The fourth-order valence-corrected chi connectivity index (χ4v) is 3.32. The number of nitrogens with one attached hydrogen (secondary N) is 1. The highest BCUT2D eigenvalue weighted by Crippen LogP contribution is 3.02. The average molecular weight is 405 g/mol. The van der Waals surface area contributed by atoms with Gasteiger partial charge in [-0.2, -0.15) is 0 Å². The summed E-state index contributed by atoms with van der Waals surface area (Å²) >= 11 is 0. The van der Waals surface area contributed by atoms with Crippen molar-refractivity contribution in [2.75, 3.05) is 0 Å². The molecule has 3 aromatic rings. The van der Waals surface area contributed by atoms with Crippen LogP contribution in [0.15, 0.2) is 47.5 Å². The molecule has 146 valence electrons. The predicted molar refractivity (Wildman–Crippen MR) is 93.7 cm³/mol. The molecule has 0 spiro atoms. The topological polar surface area (TPSA) is 46.4 Å². The summed E-state index contributed by atoms with van der Waals surface area (Å²) < 4.78 is 65.2. The summed E-state index contributed by atoms with van der Waals surface area (Å²) in [6.45, 7) is 3.44. The second kappa shape index (κ2) is 5.44. The number of amides is 1. The largest absolute Gasteiger partial charge is 0.347 e. The lowest BCUT2D eigenvalue weighted by Crippen LogP contribution is -2.25. The number of fused-ring (bicyclic) bond motifs is 1. The van der Waals surface area contributed by atoms with E-state index in [1.165, 1.54) is 0 Å². The molecule has 0 aliphatic rings.